The van der Waals surface area contributed by atoms with Crippen LogP contribution in [-0.4, -0.2) is 29.4 Å². The zero-order chi connectivity index (χ0) is 7.24. The van der Waals surface area contributed by atoms with E-state index in [2.05, 4.69) is 19.2 Å². The van der Waals surface area contributed by atoms with Gasteiger partial charge in [0.2, 0.25) is 0 Å². The molecule has 0 amide bonds. The largest absolute Gasteiger partial charge is 0.376 e. The molecule has 2 saturated heterocycles. The quantitative estimate of drug-likeness (QED) is 0.565. The van der Waals surface area contributed by atoms with Crippen LogP contribution in [-0.2, 0) is 4.74 Å². The van der Waals surface area contributed by atoms with E-state index in [1.807, 2.05) is 11.8 Å². The second-order valence-corrected chi connectivity index (χ2v) is 5.14. The first kappa shape index (κ1) is 6.95. The summed E-state index contributed by atoms with van der Waals surface area (Å²) >= 11 is 2.00. The summed E-state index contributed by atoms with van der Waals surface area (Å²) in [6.07, 6.45) is 0. The molecule has 2 aliphatic heterocycles. The van der Waals surface area contributed by atoms with Crippen LogP contribution in [0, 0.1) is 0 Å². The van der Waals surface area contributed by atoms with Crippen LogP contribution in [0.5, 0.6) is 0 Å². The smallest absolute Gasteiger partial charge is 0.112 e. The van der Waals surface area contributed by atoms with E-state index in [1.54, 1.807) is 0 Å². The Kier molecular flexibility index (Phi) is 1.32. The lowest BCUT2D eigenvalue weighted by Crippen LogP contribution is -2.58. The van der Waals surface area contributed by atoms with Crippen LogP contribution < -0.4 is 5.32 Å². The van der Waals surface area contributed by atoms with Gasteiger partial charge >= 0.3 is 0 Å². The van der Waals surface area contributed by atoms with Crippen LogP contribution in [0.4, 0.5) is 0 Å². The standard InChI is InChI=1S/C7H13NOS/c1-6(2)5-10-7(8-6)3-9-4-7/h8H,3-5H2,1-2H3. The van der Waals surface area contributed by atoms with E-state index in [4.69, 9.17) is 4.74 Å². The Hall–Kier alpha value is 0.270. The lowest BCUT2D eigenvalue weighted by atomic mass is 10.1. The van der Waals surface area contributed by atoms with E-state index in [0.717, 1.165) is 13.2 Å². The molecular formula is C7H13NOS. The molecular weight excluding hydrogens is 146 g/mol. The fourth-order valence-electron chi connectivity index (χ4n) is 1.45. The minimum atomic E-state index is 0.295. The molecule has 2 nitrogen and oxygen atoms in total. The Morgan fingerprint density at radius 3 is 2.30 bits per heavy atom. The highest BCUT2D eigenvalue weighted by molar-refractivity contribution is 8.01. The summed E-state index contributed by atoms with van der Waals surface area (Å²) in [5.74, 6) is 1.20. The van der Waals surface area contributed by atoms with Gasteiger partial charge in [0.15, 0.2) is 0 Å². The van der Waals surface area contributed by atoms with E-state index >= 15 is 0 Å². The molecule has 0 aliphatic carbocycles. The summed E-state index contributed by atoms with van der Waals surface area (Å²) in [6, 6.07) is 0. The van der Waals surface area contributed by atoms with Crippen LogP contribution in [0.1, 0.15) is 13.8 Å². The normalized spacial score (nSPS) is 34.2. The maximum Gasteiger partial charge on any atom is 0.112 e. The van der Waals surface area contributed by atoms with E-state index in [-0.39, 0.29) is 0 Å². The minimum absolute atomic E-state index is 0.295. The van der Waals surface area contributed by atoms with E-state index < -0.39 is 0 Å². The summed E-state index contributed by atoms with van der Waals surface area (Å²) in [6.45, 7) is 6.27. The number of rotatable bonds is 0. The Bertz CT molecular complexity index is 154. The predicted molar refractivity (Wildman–Crippen MR) is 43.2 cm³/mol. The van der Waals surface area contributed by atoms with Crippen molar-refractivity contribution in [2.24, 2.45) is 0 Å². The van der Waals surface area contributed by atoms with Crippen molar-refractivity contribution in [3.63, 3.8) is 0 Å². The highest BCUT2D eigenvalue weighted by Gasteiger charge is 2.48. The summed E-state index contributed by atoms with van der Waals surface area (Å²) < 4.78 is 5.17. The molecule has 0 bridgehead atoms. The Morgan fingerprint density at radius 2 is 2.10 bits per heavy atom. The topological polar surface area (TPSA) is 21.3 Å². The molecule has 0 aromatic heterocycles. The van der Waals surface area contributed by atoms with Gasteiger partial charge in [-0.25, -0.2) is 0 Å². The second-order valence-electron chi connectivity index (χ2n) is 3.78. The van der Waals surface area contributed by atoms with Gasteiger partial charge in [0.05, 0.1) is 13.2 Å². The van der Waals surface area contributed by atoms with Crippen molar-refractivity contribution >= 4 is 11.8 Å². The van der Waals surface area contributed by atoms with E-state index in [0.29, 0.717) is 10.4 Å². The van der Waals surface area contributed by atoms with Crippen LogP contribution in [0.25, 0.3) is 0 Å². The number of nitrogens with one attached hydrogen (secondary N) is 1. The molecule has 3 heteroatoms. The van der Waals surface area contributed by atoms with Gasteiger partial charge in [-0.05, 0) is 13.8 Å². The first-order chi connectivity index (χ1) is 4.62. The van der Waals surface area contributed by atoms with Crippen molar-refractivity contribution in [2.75, 3.05) is 19.0 Å². The molecule has 0 aromatic carbocycles. The monoisotopic (exact) mass is 159 g/mol. The summed E-state index contributed by atoms with van der Waals surface area (Å²) in [5.41, 5.74) is 0.314. The molecule has 58 valence electrons. The number of hydrogen-bond donors (Lipinski definition) is 1. The molecule has 1 spiro atoms. The highest BCUT2D eigenvalue weighted by atomic mass is 32.2. The fourth-order valence-corrected chi connectivity index (χ4v) is 2.84. The van der Waals surface area contributed by atoms with Gasteiger partial charge in [-0.3, -0.25) is 5.32 Å². The molecule has 10 heavy (non-hydrogen) atoms. The van der Waals surface area contributed by atoms with Gasteiger partial charge in [-0.2, -0.15) is 0 Å². The SMILES string of the molecule is CC1(C)CSC2(COC2)N1. The molecule has 0 unspecified atom stereocenters. The average Bonchev–Trinajstić information content (AvgIpc) is 2.04. The maximum atomic E-state index is 5.17. The molecule has 2 rings (SSSR count). The van der Waals surface area contributed by atoms with Crippen LogP contribution >= 0.6 is 11.8 Å². The third-order valence-electron chi connectivity index (χ3n) is 1.95. The maximum absolute atomic E-state index is 5.17. The Balaban J connectivity index is 2.05. The van der Waals surface area contributed by atoms with Crippen molar-refractivity contribution < 1.29 is 4.74 Å². The number of hydrogen-bond acceptors (Lipinski definition) is 3. The third kappa shape index (κ3) is 0.966. The van der Waals surface area contributed by atoms with Crippen molar-refractivity contribution in [1.82, 2.24) is 5.32 Å². The zero-order valence-corrected chi connectivity index (χ0v) is 7.25. The van der Waals surface area contributed by atoms with Crippen molar-refractivity contribution in [1.29, 1.82) is 0 Å². The average molecular weight is 159 g/mol. The van der Waals surface area contributed by atoms with Crippen molar-refractivity contribution in [3.8, 4) is 0 Å². The molecule has 0 aromatic rings. The summed E-state index contributed by atoms with van der Waals surface area (Å²) in [4.78, 5) is 0.295. The summed E-state index contributed by atoms with van der Waals surface area (Å²) in [5, 5.41) is 3.58. The fraction of sp³-hybridized carbons (Fsp3) is 1.00. The molecule has 2 aliphatic rings. The van der Waals surface area contributed by atoms with E-state index in [9.17, 15) is 0 Å². The predicted octanol–water partition coefficient (Wildman–Crippen LogP) is 0.828. The van der Waals surface area contributed by atoms with Gasteiger partial charge < -0.3 is 4.74 Å². The molecule has 2 heterocycles. The first-order valence-electron chi connectivity index (χ1n) is 3.63. The summed E-state index contributed by atoms with van der Waals surface area (Å²) in [7, 11) is 0. The van der Waals surface area contributed by atoms with Gasteiger partial charge in [0.25, 0.3) is 0 Å². The van der Waals surface area contributed by atoms with Crippen molar-refractivity contribution in [2.45, 2.75) is 24.3 Å². The molecule has 0 atom stereocenters. The van der Waals surface area contributed by atoms with Gasteiger partial charge in [-0.15, -0.1) is 11.8 Å². The van der Waals surface area contributed by atoms with Gasteiger partial charge in [0.1, 0.15) is 4.87 Å². The molecule has 0 saturated carbocycles. The first-order valence-corrected chi connectivity index (χ1v) is 4.62. The van der Waals surface area contributed by atoms with Gasteiger partial charge in [-0.1, -0.05) is 0 Å². The minimum Gasteiger partial charge on any atom is -0.376 e. The van der Waals surface area contributed by atoms with E-state index in [1.165, 1.54) is 5.75 Å². The second kappa shape index (κ2) is 1.90. The van der Waals surface area contributed by atoms with Crippen LogP contribution in [0.15, 0.2) is 0 Å². The Morgan fingerprint density at radius 1 is 1.40 bits per heavy atom. The lowest BCUT2D eigenvalue weighted by molar-refractivity contribution is -0.0284. The van der Waals surface area contributed by atoms with Crippen LogP contribution in [0.2, 0.25) is 0 Å². The van der Waals surface area contributed by atoms with Crippen molar-refractivity contribution in [3.05, 3.63) is 0 Å². The zero-order valence-electron chi connectivity index (χ0n) is 6.44. The molecule has 2 fully saturated rings. The highest BCUT2D eigenvalue weighted by Crippen LogP contribution is 2.40. The van der Waals surface area contributed by atoms with Crippen LogP contribution in [0.3, 0.4) is 0 Å². The third-order valence-corrected chi connectivity index (χ3v) is 3.70. The Labute approximate surface area is 65.7 Å². The molecule has 0 radical (unpaired) electrons. The molecule has 1 N–H and O–H groups in total. The number of ether oxygens (including phenoxy) is 1. The lowest BCUT2D eigenvalue weighted by Gasteiger charge is -2.38. The number of thioether (sulfide) groups is 1. The van der Waals surface area contributed by atoms with Gasteiger partial charge in [0, 0.05) is 11.3 Å².